The van der Waals surface area contributed by atoms with E-state index in [9.17, 15) is 0 Å². The van der Waals surface area contributed by atoms with Crippen LogP contribution >= 0.6 is 0 Å². The maximum atomic E-state index is 3.58. The lowest BCUT2D eigenvalue weighted by atomic mass is 10.0. The number of hydrogen-bond donors (Lipinski definition) is 1. The highest BCUT2D eigenvalue weighted by atomic mass is 15.1. The van der Waals surface area contributed by atoms with Crippen molar-refractivity contribution in [2.75, 3.05) is 27.2 Å². The van der Waals surface area contributed by atoms with Crippen LogP contribution in [0, 0.1) is 5.92 Å². The van der Waals surface area contributed by atoms with Crippen molar-refractivity contribution in [1.82, 2.24) is 10.2 Å². The summed E-state index contributed by atoms with van der Waals surface area (Å²) in [5.41, 5.74) is 0. The van der Waals surface area contributed by atoms with Gasteiger partial charge in [-0.05, 0) is 52.9 Å². The van der Waals surface area contributed by atoms with Crippen molar-refractivity contribution in [3.63, 3.8) is 0 Å². The van der Waals surface area contributed by atoms with Crippen LogP contribution in [-0.4, -0.2) is 38.1 Å². The molecule has 0 aliphatic carbocycles. The maximum absolute atomic E-state index is 3.58. The SMILES string of the molecule is CCC(C)CC(C)NCCCN(C)C. The smallest absolute Gasteiger partial charge is 0.00412 e. The summed E-state index contributed by atoms with van der Waals surface area (Å²) in [6.07, 6.45) is 3.85. The Morgan fingerprint density at radius 1 is 1.21 bits per heavy atom. The predicted octanol–water partition coefficient (Wildman–Crippen LogP) is 2.35. The molecule has 0 aromatic rings. The molecule has 2 nitrogen and oxygen atoms in total. The first-order valence-corrected chi connectivity index (χ1v) is 5.94. The predicted molar refractivity (Wildman–Crippen MR) is 64.7 cm³/mol. The largest absolute Gasteiger partial charge is 0.314 e. The number of nitrogens with one attached hydrogen (secondary N) is 1. The van der Waals surface area contributed by atoms with Crippen molar-refractivity contribution in [3.8, 4) is 0 Å². The Kier molecular flexibility index (Phi) is 8.20. The van der Waals surface area contributed by atoms with Gasteiger partial charge >= 0.3 is 0 Å². The van der Waals surface area contributed by atoms with E-state index in [1.807, 2.05) is 0 Å². The van der Waals surface area contributed by atoms with Gasteiger partial charge in [-0.2, -0.15) is 0 Å². The second-order valence-electron chi connectivity index (χ2n) is 4.76. The maximum Gasteiger partial charge on any atom is 0.00412 e. The van der Waals surface area contributed by atoms with E-state index in [0.717, 1.165) is 12.5 Å². The lowest BCUT2D eigenvalue weighted by Gasteiger charge is -2.18. The molecular formula is C12H28N2. The minimum absolute atomic E-state index is 0.673. The van der Waals surface area contributed by atoms with E-state index < -0.39 is 0 Å². The highest BCUT2D eigenvalue weighted by molar-refractivity contribution is 4.64. The summed E-state index contributed by atoms with van der Waals surface area (Å²) in [7, 11) is 4.26. The van der Waals surface area contributed by atoms with E-state index in [4.69, 9.17) is 0 Å². The van der Waals surface area contributed by atoms with Gasteiger partial charge in [-0.15, -0.1) is 0 Å². The molecule has 2 unspecified atom stereocenters. The first-order chi connectivity index (χ1) is 6.56. The molecule has 0 saturated heterocycles. The molecule has 0 aliphatic rings. The lowest BCUT2D eigenvalue weighted by Crippen LogP contribution is -2.30. The van der Waals surface area contributed by atoms with Gasteiger partial charge in [-0.1, -0.05) is 20.3 Å². The Hall–Kier alpha value is -0.0800. The van der Waals surface area contributed by atoms with Crippen LogP contribution < -0.4 is 5.32 Å². The summed E-state index contributed by atoms with van der Waals surface area (Å²) >= 11 is 0. The van der Waals surface area contributed by atoms with Crippen molar-refractivity contribution in [2.45, 2.75) is 46.1 Å². The van der Waals surface area contributed by atoms with Gasteiger partial charge in [0.25, 0.3) is 0 Å². The summed E-state index contributed by atoms with van der Waals surface area (Å²) in [4.78, 5) is 2.24. The van der Waals surface area contributed by atoms with Gasteiger partial charge < -0.3 is 10.2 Å². The molecule has 2 heteroatoms. The van der Waals surface area contributed by atoms with Crippen LogP contribution in [0.3, 0.4) is 0 Å². The van der Waals surface area contributed by atoms with Crippen LogP contribution in [-0.2, 0) is 0 Å². The fourth-order valence-corrected chi connectivity index (χ4v) is 1.60. The molecule has 0 aliphatic heterocycles. The zero-order valence-electron chi connectivity index (χ0n) is 10.6. The minimum Gasteiger partial charge on any atom is -0.314 e. The highest BCUT2D eigenvalue weighted by Gasteiger charge is 2.05. The standard InChI is InChI=1S/C12H28N2/c1-6-11(2)10-12(3)13-8-7-9-14(4)5/h11-13H,6-10H2,1-5H3. The van der Waals surface area contributed by atoms with Crippen LogP contribution in [0.2, 0.25) is 0 Å². The molecule has 2 atom stereocenters. The van der Waals surface area contributed by atoms with Gasteiger partial charge in [-0.25, -0.2) is 0 Å². The summed E-state index contributed by atoms with van der Waals surface area (Å²) < 4.78 is 0. The zero-order valence-corrected chi connectivity index (χ0v) is 10.6. The van der Waals surface area contributed by atoms with E-state index in [1.165, 1.54) is 25.8 Å². The normalized spacial score (nSPS) is 15.9. The molecule has 0 spiro atoms. The van der Waals surface area contributed by atoms with Crippen molar-refractivity contribution < 1.29 is 0 Å². The van der Waals surface area contributed by atoms with Crippen molar-refractivity contribution in [1.29, 1.82) is 0 Å². The first kappa shape index (κ1) is 13.9. The summed E-state index contributed by atoms with van der Waals surface area (Å²) in [6, 6.07) is 0.673. The Bertz CT molecular complexity index is 123. The number of hydrogen-bond acceptors (Lipinski definition) is 2. The quantitative estimate of drug-likeness (QED) is 0.605. The molecule has 0 bridgehead atoms. The minimum atomic E-state index is 0.673. The third-order valence-corrected chi connectivity index (χ3v) is 2.73. The summed E-state index contributed by atoms with van der Waals surface area (Å²) in [5, 5.41) is 3.58. The Balaban J connectivity index is 3.30. The lowest BCUT2D eigenvalue weighted by molar-refractivity contribution is 0.371. The Morgan fingerprint density at radius 3 is 2.36 bits per heavy atom. The van der Waals surface area contributed by atoms with Gasteiger partial charge in [-0.3, -0.25) is 0 Å². The fourth-order valence-electron chi connectivity index (χ4n) is 1.60. The Labute approximate surface area is 90.1 Å². The molecule has 0 saturated carbocycles. The molecule has 14 heavy (non-hydrogen) atoms. The van der Waals surface area contributed by atoms with E-state index in [1.54, 1.807) is 0 Å². The number of nitrogens with zero attached hydrogens (tertiary/aromatic N) is 1. The van der Waals surface area contributed by atoms with Crippen molar-refractivity contribution in [3.05, 3.63) is 0 Å². The molecule has 0 aromatic carbocycles. The van der Waals surface area contributed by atoms with E-state index in [-0.39, 0.29) is 0 Å². The fraction of sp³-hybridized carbons (Fsp3) is 1.00. The van der Waals surface area contributed by atoms with Gasteiger partial charge in [0.05, 0.1) is 0 Å². The summed E-state index contributed by atoms with van der Waals surface area (Å²) in [6.45, 7) is 9.22. The topological polar surface area (TPSA) is 15.3 Å². The van der Waals surface area contributed by atoms with Gasteiger partial charge in [0.2, 0.25) is 0 Å². The molecule has 0 fully saturated rings. The van der Waals surface area contributed by atoms with Crippen LogP contribution in [0.15, 0.2) is 0 Å². The average Bonchev–Trinajstić information content (AvgIpc) is 2.12. The van der Waals surface area contributed by atoms with Crippen LogP contribution in [0.25, 0.3) is 0 Å². The molecule has 0 radical (unpaired) electrons. The zero-order chi connectivity index (χ0) is 11.0. The average molecular weight is 200 g/mol. The highest BCUT2D eigenvalue weighted by Crippen LogP contribution is 2.08. The molecule has 0 heterocycles. The Morgan fingerprint density at radius 2 is 1.86 bits per heavy atom. The third kappa shape index (κ3) is 8.52. The second-order valence-corrected chi connectivity index (χ2v) is 4.76. The van der Waals surface area contributed by atoms with E-state index >= 15 is 0 Å². The molecule has 0 amide bonds. The van der Waals surface area contributed by atoms with Gasteiger partial charge in [0.15, 0.2) is 0 Å². The first-order valence-electron chi connectivity index (χ1n) is 5.94. The molecule has 86 valence electrons. The van der Waals surface area contributed by atoms with Crippen LogP contribution in [0.5, 0.6) is 0 Å². The third-order valence-electron chi connectivity index (χ3n) is 2.73. The van der Waals surface area contributed by atoms with Crippen LogP contribution in [0.4, 0.5) is 0 Å². The van der Waals surface area contributed by atoms with Crippen LogP contribution in [0.1, 0.15) is 40.0 Å². The van der Waals surface area contributed by atoms with E-state index in [2.05, 4.69) is 45.1 Å². The van der Waals surface area contributed by atoms with Gasteiger partial charge in [0, 0.05) is 6.04 Å². The van der Waals surface area contributed by atoms with Crippen molar-refractivity contribution >= 4 is 0 Å². The monoisotopic (exact) mass is 200 g/mol. The number of rotatable bonds is 8. The second kappa shape index (κ2) is 8.25. The van der Waals surface area contributed by atoms with E-state index in [0.29, 0.717) is 6.04 Å². The molecule has 0 aromatic heterocycles. The molecular weight excluding hydrogens is 172 g/mol. The van der Waals surface area contributed by atoms with Gasteiger partial charge in [0.1, 0.15) is 0 Å². The van der Waals surface area contributed by atoms with Crippen molar-refractivity contribution in [2.24, 2.45) is 5.92 Å². The molecule has 1 N–H and O–H groups in total. The summed E-state index contributed by atoms with van der Waals surface area (Å²) in [5.74, 6) is 0.853. The molecule has 0 rings (SSSR count).